The number of nitrogens with one attached hydrogen (secondary N) is 2. The van der Waals surface area contributed by atoms with Crippen molar-refractivity contribution in [2.45, 2.75) is 33.0 Å². The summed E-state index contributed by atoms with van der Waals surface area (Å²) < 4.78 is 0. The Morgan fingerprint density at radius 3 is 2.61 bits per heavy atom. The smallest absolute Gasteiger partial charge is 0.242 e. The number of amides is 2. The van der Waals surface area contributed by atoms with E-state index in [-0.39, 0.29) is 18.4 Å². The Morgan fingerprint density at radius 2 is 2.00 bits per heavy atom. The van der Waals surface area contributed by atoms with Gasteiger partial charge in [-0.3, -0.25) is 9.59 Å². The summed E-state index contributed by atoms with van der Waals surface area (Å²) in [5.74, 6) is -0.473. The fourth-order valence-electron chi connectivity index (χ4n) is 1.55. The van der Waals surface area contributed by atoms with Crippen LogP contribution < -0.4 is 10.6 Å². The van der Waals surface area contributed by atoms with Gasteiger partial charge < -0.3 is 15.7 Å². The molecule has 1 rings (SSSR count). The van der Waals surface area contributed by atoms with Crippen molar-refractivity contribution >= 4 is 11.8 Å². The molecule has 1 aromatic carbocycles. The molecule has 98 valence electrons. The van der Waals surface area contributed by atoms with Gasteiger partial charge in [-0.05, 0) is 18.1 Å². The van der Waals surface area contributed by atoms with E-state index in [2.05, 4.69) is 10.6 Å². The lowest BCUT2D eigenvalue weighted by molar-refractivity contribution is -0.127. The summed E-state index contributed by atoms with van der Waals surface area (Å²) in [5.41, 5.74) is 1.71. The molecule has 0 fully saturated rings. The lowest BCUT2D eigenvalue weighted by atomic mass is 10.1. The second-order valence-electron chi connectivity index (χ2n) is 4.12. The van der Waals surface area contributed by atoms with Gasteiger partial charge in [-0.15, -0.1) is 0 Å². The van der Waals surface area contributed by atoms with Gasteiger partial charge in [-0.1, -0.05) is 24.3 Å². The average molecular weight is 250 g/mol. The SMILES string of the molecule is CC(=O)N[C@@H](C)C(=O)NCc1cccc(CO)c1. The van der Waals surface area contributed by atoms with Crippen molar-refractivity contribution in [1.82, 2.24) is 10.6 Å². The molecule has 3 N–H and O–H groups in total. The van der Waals surface area contributed by atoms with Crippen molar-refractivity contribution in [3.05, 3.63) is 35.4 Å². The summed E-state index contributed by atoms with van der Waals surface area (Å²) in [6.45, 7) is 3.34. The molecule has 1 atom stereocenters. The first-order chi connectivity index (χ1) is 8.52. The van der Waals surface area contributed by atoms with Gasteiger partial charge in [0.2, 0.25) is 11.8 Å². The predicted molar refractivity (Wildman–Crippen MR) is 67.5 cm³/mol. The molecule has 0 heterocycles. The van der Waals surface area contributed by atoms with Crippen LogP contribution in [0.2, 0.25) is 0 Å². The number of benzene rings is 1. The van der Waals surface area contributed by atoms with Crippen LogP contribution in [0.4, 0.5) is 0 Å². The molecule has 0 aliphatic rings. The summed E-state index contributed by atoms with van der Waals surface area (Å²) in [7, 11) is 0. The molecule has 0 saturated carbocycles. The first-order valence-corrected chi connectivity index (χ1v) is 5.76. The Kier molecular flexibility index (Phi) is 5.32. The van der Waals surface area contributed by atoms with E-state index in [0.29, 0.717) is 6.54 Å². The summed E-state index contributed by atoms with van der Waals surface area (Å²) in [4.78, 5) is 22.4. The molecule has 2 amide bonds. The van der Waals surface area contributed by atoms with E-state index in [1.807, 2.05) is 24.3 Å². The standard InChI is InChI=1S/C13H18N2O3/c1-9(15-10(2)17)13(18)14-7-11-4-3-5-12(6-11)8-16/h3-6,9,16H,7-8H2,1-2H3,(H,14,18)(H,15,17)/t9-/m0/s1. The maximum absolute atomic E-state index is 11.6. The average Bonchev–Trinajstić information content (AvgIpc) is 2.35. The third kappa shape index (κ3) is 4.55. The van der Waals surface area contributed by atoms with Crippen LogP contribution in [0.3, 0.4) is 0 Å². The molecule has 0 aromatic heterocycles. The summed E-state index contributed by atoms with van der Waals surface area (Å²) in [5, 5.41) is 14.2. The zero-order chi connectivity index (χ0) is 13.5. The maximum Gasteiger partial charge on any atom is 0.242 e. The van der Waals surface area contributed by atoms with Crippen molar-refractivity contribution < 1.29 is 14.7 Å². The van der Waals surface area contributed by atoms with E-state index in [1.54, 1.807) is 6.92 Å². The van der Waals surface area contributed by atoms with Gasteiger partial charge in [-0.25, -0.2) is 0 Å². The summed E-state index contributed by atoms with van der Waals surface area (Å²) >= 11 is 0. The van der Waals surface area contributed by atoms with Gasteiger partial charge in [0.05, 0.1) is 6.61 Å². The number of carbonyl (C=O) groups is 2. The topological polar surface area (TPSA) is 78.4 Å². The van der Waals surface area contributed by atoms with Crippen LogP contribution in [-0.4, -0.2) is 23.0 Å². The van der Waals surface area contributed by atoms with Gasteiger partial charge in [0.15, 0.2) is 0 Å². The first kappa shape index (κ1) is 14.2. The fraction of sp³-hybridized carbons (Fsp3) is 0.385. The fourth-order valence-corrected chi connectivity index (χ4v) is 1.55. The van der Waals surface area contributed by atoms with E-state index in [9.17, 15) is 9.59 Å². The zero-order valence-electron chi connectivity index (χ0n) is 10.6. The van der Waals surface area contributed by atoms with Crippen molar-refractivity contribution in [1.29, 1.82) is 0 Å². The largest absolute Gasteiger partial charge is 0.392 e. The van der Waals surface area contributed by atoms with Gasteiger partial charge >= 0.3 is 0 Å². The van der Waals surface area contributed by atoms with Gasteiger partial charge in [0, 0.05) is 13.5 Å². The second kappa shape index (κ2) is 6.76. The number of hydrogen-bond donors (Lipinski definition) is 3. The minimum atomic E-state index is -0.552. The molecule has 0 spiro atoms. The Labute approximate surface area is 106 Å². The Balaban J connectivity index is 2.49. The van der Waals surface area contributed by atoms with Crippen molar-refractivity contribution in [2.24, 2.45) is 0 Å². The van der Waals surface area contributed by atoms with Gasteiger partial charge in [0.25, 0.3) is 0 Å². The van der Waals surface area contributed by atoms with E-state index < -0.39 is 6.04 Å². The molecule has 0 radical (unpaired) electrons. The number of carbonyl (C=O) groups excluding carboxylic acids is 2. The third-order valence-corrected chi connectivity index (χ3v) is 2.45. The second-order valence-corrected chi connectivity index (χ2v) is 4.12. The highest BCUT2D eigenvalue weighted by Gasteiger charge is 2.12. The Bertz CT molecular complexity index is 432. The quantitative estimate of drug-likeness (QED) is 0.704. The van der Waals surface area contributed by atoms with E-state index in [4.69, 9.17) is 5.11 Å². The number of rotatable bonds is 5. The lowest BCUT2D eigenvalue weighted by Gasteiger charge is -2.13. The molecule has 0 aliphatic carbocycles. The molecule has 5 nitrogen and oxygen atoms in total. The monoisotopic (exact) mass is 250 g/mol. The third-order valence-electron chi connectivity index (χ3n) is 2.45. The highest BCUT2D eigenvalue weighted by Crippen LogP contribution is 2.04. The molecule has 5 heteroatoms. The molecule has 0 unspecified atom stereocenters. The van der Waals surface area contributed by atoms with Crippen LogP contribution in [0.1, 0.15) is 25.0 Å². The van der Waals surface area contributed by atoms with E-state index in [0.717, 1.165) is 11.1 Å². The van der Waals surface area contributed by atoms with Crippen molar-refractivity contribution in [2.75, 3.05) is 0 Å². The van der Waals surface area contributed by atoms with Crippen molar-refractivity contribution in [3.63, 3.8) is 0 Å². The van der Waals surface area contributed by atoms with Crippen LogP contribution in [-0.2, 0) is 22.7 Å². The number of aliphatic hydroxyl groups is 1. The number of hydrogen-bond acceptors (Lipinski definition) is 3. The summed E-state index contributed by atoms with van der Waals surface area (Å²) in [6.07, 6.45) is 0. The highest BCUT2D eigenvalue weighted by atomic mass is 16.3. The van der Waals surface area contributed by atoms with E-state index in [1.165, 1.54) is 6.92 Å². The van der Waals surface area contributed by atoms with Gasteiger partial charge in [-0.2, -0.15) is 0 Å². The van der Waals surface area contributed by atoms with Gasteiger partial charge in [0.1, 0.15) is 6.04 Å². The minimum Gasteiger partial charge on any atom is -0.392 e. The predicted octanol–water partition coefficient (Wildman–Crippen LogP) is 0.320. The molecular weight excluding hydrogens is 232 g/mol. The Morgan fingerprint density at radius 1 is 1.33 bits per heavy atom. The Hall–Kier alpha value is -1.88. The zero-order valence-corrected chi connectivity index (χ0v) is 10.6. The molecule has 1 aromatic rings. The first-order valence-electron chi connectivity index (χ1n) is 5.76. The lowest BCUT2D eigenvalue weighted by Crippen LogP contribution is -2.43. The molecular formula is C13H18N2O3. The molecule has 18 heavy (non-hydrogen) atoms. The number of aliphatic hydroxyl groups excluding tert-OH is 1. The maximum atomic E-state index is 11.6. The molecule has 0 bridgehead atoms. The van der Waals surface area contributed by atoms with Crippen molar-refractivity contribution in [3.8, 4) is 0 Å². The van der Waals surface area contributed by atoms with Crippen LogP contribution in [0.15, 0.2) is 24.3 Å². The van der Waals surface area contributed by atoms with Crippen LogP contribution in [0.25, 0.3) is 0 Å². The minimum absolute atomic E-state index is 0.0237. The molecule has 0 aliphatic heterocycles. The normalized spacial score (nSPS) is 11.7. The van der Waals surface area contributed by atoms with Crippen LogP contribution in [0.5, 0.6) is 0 Å². The van der Waals surface area contributed by atoms with E-state index >= 15 is 0 Å². The van der Waals surface area contributed by atoms with Crippen LogP contribution in [0, 0.1) is 0 Å². The molecule has 0 saturated heterocycles. The highest BCUT2D eigenvalue weighted by molar-refractivity contribution is 5.86. The van der Waals surface area contributed by atoms with Crippen LogP contribution >= 0.6 is 0 Å². The summed E-state index contributed by atoms with van der Waals surface area (Å²) in [6, 6.07) is 6.77.